The van der Waals surface area contributed by atoms with Crippen LogP contribution in [0.5, 0.6) is 0 Å². The molecule has 6 nitrogen and oxygen atoms in total. The van der Waals surface area contributed by atoms with E-state index in [9.17, 15) is 14.7 Å². The van der Waals surface area contributed by atoms with Gasteiger partial charge in [-0.1, -0.05) is 30.3 Å². The molecule has 1 atom stereocenters. The van der Waals surface area contributed by atoms with Gasteiger partial charge in [0, 0.05) is 32.9 Å². The van der Waals surface area contributed by atoms with E-state index in [0.717, 1.165) is 5.56 Å². The number of carbonyl (C=O) groups is 2. The molecule has 1 saturated heterocycles. The first-order valence-electron chi connectivity index (χ1n) is 7.95. The summed E-state index contributed by atoms with van der Waals surface area (Å²) in [7, 11) is 1.78. The van der Waals surface area contributed by atoms with Crippen LogP contribution in [0.15, 0.2) is 48.7 Å². The zero-order valence-corrected chi connectivity index (χ0v) is 13.6. The molecule has 2 aromatic rings. The van der Waals surface area contributed by atoms with Crippen molar-refractivity contribution in [2.24, 2.45) is 7.05 Å². The highest BCUT2D eigenvalue weighted by Crippen LogP contribution is 2.13. The Balaban J connectivity index is 1.74. The third-order valence-electron chi connectivity index (χ3n) is 4.21. The van der Waals surface area contributed by atoms with Gasteiger partial charge in [0.05, 0.1) is 6.10 Å². The molecular weight excluding hydrogens is 306 g/mol. The molecule has 1 aliphatic rings. The molecule has 6 heteroatoms. The minimum atomic E-state index is -0.760. The van der Waals surface area contributed by atoms with Crippen LogP contribution in [0.4, 0.5) is 0 Å². The molecule has 0 spiro atoms. The average molecular weight is 327 g/mol. The quantitative estimate of drug-likeness (QED) is 0.910. The average Bonchev–Trinajstić information content (AvgIpc) is 2.93. The van der Waals surface area contributed by atoms with Crippen molar-refractivity contribution in [1.29, 1.82) is 0 Å². The number of hydrogen-bond donors (Lipinski definition) is 1. The van der Waals surface area contributed by atoms with Crippen LogP contribution in [0, 0.1) is 0 Å². The SMILES string of the molecule is Cn1cccc1C(=O)N1CC(=O)N(Cc2ccccc2)CC(O)C1. The Hall–Kier alpha value is -2.60. The van der Waals surface area contributed by atoms with Crippen molar-refractivity contribution in [2.45, 2.75) is 12.6 Å². The molecule has 2 heterocycles. The van der Waals surface area contributed by atoms with E-state index in [-0.39, 0.29) is 31.4 Å². The van der Waals surface area contributed by atoms with Gasteiger partial charge in [0.25, 0.3) is 5.91 Å². The van der Waals surface area contributed by atoms with Crippen molar-refractivity contribution in [3.8, 4) is 0 Å². The fraction of sp³-hybridized carbons (Fsp3) is 0.333. The molecule has 1 aromatic carbocycles. The first kappa shape index (κ1) is 16.3. The van der Waals surface area contributed by atoms with Crippen LogP contribution >= 0.6 is 0 Å². The molecule has 1 aromatic heterocycles. The van der Waals surface area contributed by atoms with Gasteiger partial charge in [-0.25, -0.2) is 0 Å². The van der Waals surface area contributed by atoms with Gasteiger partial charge in [0.2, 0.25) is 5.91 Å². The molecule has 1 aliphatic heterocycles. The maximum atomic E-state index is 12.6. The second-order valence-corrected chi connectivity index (χ2v) is 6.10. The summed E-state index contributed by atoms with van der Waals surface area (Å²) >= 11 is 0. The Morgan fingerprint density at radius 2 is 1.92 bits per heavy atom. The van der Waals surface area contributed by atoms with E-state index in [1.54, 1.807) is 34.8 Å². The van der Waals surface area contributed by atoms with E-state index >= 15 is 0 Å². The molecular formula is C18H21N3O3. The molecule has 1 unspecified atom stereocenters. The molecule has 0 bridgehead atoms. The van der Waals surface area contributed by atoms with E-state index < -0.39 is 6.10 Å². The second kappa shape index (κ2) is 6.88. The Labute approximate surface area is 140 Å². The maximum absolute atomic E-state index is 12.6. The Morgan fingerprint density at radius 3 is 2.58 bits per heavy atom. The van der Waals surface area contributed by atoms with Crippen molar-refractivity contribution in [2.75, 3.05) is 19.6 Å². The Kier molecular flexibility index (Phi) is 4.66. The number of hydrogen-bond acceptors (Lipinski definition) is 3. The van der Waals surface area contributed by atoms with Crippen molar-refractivity contribution in [1.82, 2.24) is 14.4 Å². The van der Waals surface area contributed by atoms with Gasteiger partial charge in [0.15, 0.2) is 0 Å². The van der Waals surface area contributed by atoms with Crippen molar-refractivity contribution in [3.05, 3.63) is 59.9 Å². The minimum Gasteiger partial charge on any atom is -0.389 e. The molecule has 1 N–H and O–H groups in total. The molecule has 2 amide bonds. The lowest BCUT2D eigenvalue weighted by Crippen LogP contribution is -2.40. The normalized spacial score (nSPS) is 18.6. The first-order valence-corrected chi connectivity index (χ1v) is 7.95. The highest BCUT2D eigenvalue weighted by Gasteiger charge is 2.30. The van der Waals surface area contributed by atoms with Gasteiger partial charge >= 0.3 is 0 Å². The predicted molar refractivity (Wildman–Crippen MR) is 89.2 cm³/mol. The number of benzene rings is 1. The largest absolute Gasteiger partial charge is 0.389 e. The topological polar surface area (TPSA) is 65.8 Å². The minimum absolute atomic E-state index is 0.0199. The molecule has 0 saturated carbocycles. The number of nitrogens with zero attached hydrogens (tertiary/aromatic N) is 3. The summed E-state index contributed by atoms with van der Waals surface area (Å²) in [5.41, 5.74) is 1.51. The van der Waals surface area contributed by atoms with Gasteiger partial charge in [-0.15, -0.1) is 0 Å². The third kappa shape index (κ3) is 3.49. The summed E-state index contributed by atoms with van der Waals surface area (Å²) in [6, 6.07) is 13.1. The van der Waals surface area contributed by atoms with Gasteiger partial charge in [-0.3, -0.25) is 9.59 Å². The van der Waals surface area contributed by atoms with Crippen molar-refractivity contribution in [3.63, 3.8) is 0 Å². The summed E-state index contributed by atoms with van der Waals surface area (Å²) in [6.07, 6.45) is 1.02. The summed E-state index contributed by atoms with van der Waals surface area (Å²) < 4.78 is 1.71. The van der Waals surface area contributed by atoms with E-state index in [1.807, 2.05) is 30.3 Å². The van der Waals surface area contributed by atoms with Gasteiger partial charge in [-0.05, 0) is 17.7 Å². The van der Waals surface area contributed by atoms with E-state index in [1.165, 1.54) is 4.90 Å². The Morgan fingerprint density at radius 1 is 1.17 bits per heavy atom. The third-order valence-corrected chi connectivity index (χ3v) is 4.21. The van der Waals surface area contributed by atoms with Crippen LogP contribution in [0.2, 0.25) is 0 Å². The summed E-state index contributed by atoms with van der Waals surface area (Å²) in [4.78, 5) is 28.2. The smallest absolute Gasteiger partial charge is 0.271 e. The fourth-order valence-corrected chi connectivity index (χ4v) is 2.95. The van der Waals surface area contributed by atoms with Gasteiger partial charge in [0.1, 0.15) is 12.2 Å². The lowest BCUT2D eigenvalue weighted by Gasteiger charge is -2.22. The lowest BCUT2D eigenvalue weighted by atomic mass is 10.2. The van der Waals surface area contributed by atoms with Crippen LogP contribution in [0.25, 0.3) is 0 Å². The van der Waals surface area contributed by atoms with E-state index in [2.05, 4.69) is 0 Å². The zero-order valence-electron chi connectivity index (χ0n) is 13.6. The number of amides is 2. The second-order valence-electron chi connectivity index (χ2n) is 6.10. The monoisotopic (exact) mass is 327 g/mol. The van der Waals surface area contributed by atoms with Crippen LogP contribution in [0.3, 0.4) is 0 Å². The maximum Gasteiger partial charge on any atom is 0.271 e. The molecule has 1 fully saturated rings. The van der Waals surface area contributed by atoms with Crippen LogP contribution in [-0.4, -0.2) is 57.0 Å². The van der Waals surface area contributed by atoms with Crippen molar-refractivity contribution >= 4 is 11.8 Å². The number of aryl methyl sites for hydroxylation is 1. The fourth-order valence-electron chi connectivity index (χ4n) is 2.95. The standard InChI is InChI=1S/C18H21N3O3/c1-19-9-5-8-16(19)18(24)21-12-15(22)11-20(17(23)13-21)10-14-6-3-2-4-7-14/h2-9,15,22H,10-13H2,1H3. The number of aliphatic hydroxyl groups excluding tert-OH is 1. The predicted octanol–water partition coefficient (Wildman–Crippen LogP) is 0.871. The van der Waals surface area contributed by atoms with Crippen LogP contribution in [-0.2, 0) is 18.4 Å². The molecule has 3 rings (SSSR count). The van der Waals surface area contributed by atoms with Gasteiger partial charge < -0.3 is 19.5 Å². The van der Waals surface area contributed by atoms with E-state index in [4.69, 9.17) is 0 Å². The van der Waals surface area contributed by atoms with Gasteiger partial charge in [-0.2, -0.15) is 0 Å². The summed E-state index contributed by atoms with van der Waals surface area (Å²) in [5, 5.41) is 10.2. The number of aromatic nitrogens is 1. The first-order chi connectivity index (χ1) is 11.5. The Bertz CT molecular complexity index is 726. The number of rotatable bonds is 3. The van der Waals surface area contributed by atoms with Crippen LogP contribution in [0.1, 0.15) is 16.1 Å². The van der Waals surface area contributed by atoms with E-state index in [0.29, 0.717) is 12.2 Å². The molecule has 0 aliphatic carbocycles. The highest BCUT2D eigenvalue weighted by molar-refractivity contribution is 5.95. The molecule has 0 radical (unpaired) electrons. The summed E-state index contributed by atoms with van der Waals surface area (Å²) in [5.74, 6) is -0.394. The lowest BCUT2D eigenvalue weighted by molar-refractivity contribution is -0.131. The number of carbonyl (C=O) groups excluding carboxylic acids is 2. The zero-order chi connectivity index (χ0) is 17.1. The molecule has 126 valence electrons. The summed E-state index contributed by atoms with van der Waals surface area (Å²) in [6.45, 7) is 0.794. The number of β-amino-alcohol motifs (C(OH)–C–C–N with tert-alkyl or cyclic N) is 1. The highest BCUT2D eigenvalue weighted by atomic mass is 16.3. The number of aliphatic hydroxyl groups is 1. The van der Waals surface area contributed by atoms with Crippen LogP contribution < -0.4 is 0 Å². The van der Waals surface area contributed by atoms with Crippen molar-refractivity contribution < 1.29 is 14.7 Å². The molecule has 24 heavy (non-hydrogen) atoms.